The van der Waals surface area contributed by atoms with Crippen LogP contribution in [0.15, 0.2) is 10.6 Å². The van der Waals surface area contributed by atoms with Gasteiger partial charge in [0.25, 0.3) is 0 Å². The van der Waals surface area contributed by atoms with Gasteiger partial charge in [0.15, 0.2) is 0 Å². The fourth-order valence-electron chi connectivity index (χ4n) is 0.933. The Hall–Kier alpha value is -0.910. The van der Waals surface area contributed by atoms with Gasteiger partial charge in [0.1, 0.15) is 5.76 Å². The third kappa shape index (κ3) is 3.54. The van der Waals surface area contributed by atoms with E-state index >= 15 is 0 Å². The van der Waals surface area contributed by atoms with Crippen molar-refractivity contribution in [2.75, 3.05) is 13.2 Å². The Labute approximate surface area is 76.4 Å². The van der Waals surface area contributed by atoms with E-state index in [0.717, 1.165) is 11.5 Å². The lowest BCUT2D eigenvalue weighted by Gasteiger charge is -2.06. The monoisotopic (exact) mass is 186 g/mol. The summed E-state index contributed by atoms with van der Waals surface area (Å²) in [5, 5.41) is 24.2. The number of hydrogen-bond donors (Lipinski definition) is 3. The molecule has 0 radical (unpaired) electrons. The van der Waals surface area contributed by atoms with Gasteiger partial charge >= 0.3 is 0 Å². The number of aromatic nitrogens is 1. The largest absolute Gasteiger partial charge is 0.394 e. The Kier molecular flexibility index (Phi) is 3.88. The Morgan fingerprint density at radius 3 is 3.00 bits per heavy atom. The maximum Gasteiger partial charge on any atom is 0.133 e. The zero-order chi connectivity index (χ0) is 9.68. The zero-order valence-corrected chi connectivity index (χ0v) is 7.53. The molecule has 1 heterocycles. The summed E-state index contributed by atoms with van der Waals surface area (Å²) in [6, 6.07) is 1.82. The smallest absolute Gasteiger partial charge is 0.133 e. The van der Waals surface area contributed by atoms with E-state index < -0.39 is 6.10 Å². The third-order valence-electron chi connectivity index (χ3n) is 1.57. The summed E-state index contributed by atoms with van der Waals surface area (Å²) in [6.07, 6.45) is -0.715. The molecule has 0 fully saturated rings. The van der Waals surface area contributed by atoms with Crippen molar-refractivity contribution < 1.29 is 14.7 Å². The lowest BCUT2D eigenvalue weighted by molar-refractivity contribution is 0.0941. The second-order valence-corrected chi connectivity index (χ2v) is 2.90. The van der Waals surface area contributed by atoms with E-state index in [2.05, 4.69) is 10.5 Å². The lowest BCUT2D eigenvalue weighted by Crippen LogP contribution is -2.28. The van der Waals surface area contributed by atoms with Gasteiger partial charge in [0.2, 0.25) is 0 Å². The second kappa shape index (κ2) is 4.96. The van der Waals surface area contributed by atoms with Crippen molar-refractivity contribution in [2.24, 2.45) is 0 Å². The molecule has 0 bridgehead atoms. The van der Waals surface area contributed by atoms with E-state index in [1.807, 2.05) is 13.0 Å². The van der Waals surface area contributed by atoms with Gasteiger partial charge in [-0.15, -0.1) is 0 Å². The summed E-state index contributed by atoms with van der Waals surface area (Å²) in [6.45, 7) is 2.47. The van der Waals surface area contributed by atoms with Crippen molar-refractivity contribution in [3.05, 3.63) is 17.5 Å². The molecule has 1 aromatic rings. The van der Waals surface area contributed by atoms with Crippen LogP contribution in [0.3, 0.4) is 0 Å². The highest BCUT2D eigenvalue weighted by molar-refractivity contribution is 5.02. The summed E-state index contributed by atoms with van der Waals surface area (Å²) in [5.41, 5.74) is 0.794. The number of hydrogen-bond acceptors (Lipinski definition) is 5. The molecular weight excluding hydrogens is 172 g/mol. The van der Waals surface area contributed by atoms with Gasteiger partial charge in [0.05, 0.1) is 18.4 Å². The standard InChI is InChI=1S/C8H14N2O3/c1-6-2-7(10-13-6)3-9-4-8(12)5-11/h2,8-9,11-12H,3-5H2,1H3/t8-/m0/s1. The molecule has 1 rings (SSSR count). The van der Waals surface area contributed by atoms with Crippen molar-refractivity contribution in [3.63, 3.8) is 0 Å². The molecule has 3 N–H and O–H groups in total. The Morgan fingerprint density at radius 1 is 1.69 bits per heavy atom. The van der Waals surface area contributed by atoms with E-state index in [9.17, 15) is 0 Å². The van der Waals surface area contributed by atoms with Crippen LogP contribution in [0.1, 0.15) is 11.5 Å². The highest BCUT2D eigenvalue weighted by Crippen LogP contribution is 2.00. The van der Waals surface area contributed by atoms with Crippen LogP contribution in [0.25, 0.3) is 0 Å². The number of aryl methyl sites for hydroxylation is 1. The van der Waals surface area contributed by atoms with Crippen LogP contribution in [0.4, 0.5) is 0 Å². The summed E-state index contributed by atoms with van der Waals surface area (Å²) in [4.78, 5) is 0. The molecule has 1 aromatic heterocycles. The Bertz CT molecular complexity index is 249. The molecule has 0 aliphatic heterocycles. The molecule has 0 aromatic carbocycles. The minimum atomic E-state index is -0.715. The SMILES string of the molecule is Cc1cc(CNC[C@H](O)CO)no1. The van der Waals surface area contributed by atoms with E-state index in [4.69, 9.17) is 14.7 Å². The van der Waals surface area contributed by atoms with Gasteiger partial charge in [-0.1, -0.05) is 5.16 Å². The molecular formula is C8H14N2O3. The van der Waals surface area contributed by atoms with E-state index in [1.54, 1.807) is 0 Å². The molecule has 0 aliphatic carbocycles. The molecule has 13 heavy (non-hydrogen) atoms. The average molecular weight is 186 g/mol. The summed E-state index contributed by atoms with van der Waals surface area (Å²) < 4.78 is 4.85. The van der Waals surface area contributed by atoms with Crippen molar-refractivity contribution >= 4 is 0 Å². The predicted octanol–water partition coefficient (Wildman–Crippen LogP) is -0.574. The normalized spacial score (nSPS) is 13.2. The molecule has 0 aliphatic rings. The highest BCUT2D eigenvalue weighted by Gasteiger charge is 2.02. The van der Waals surface area contributed by atoms with Gasteiger partial charge in [-0.05, 0) is 6.92 Å². The lowest BCUT2D eigenvalue weighted by atomic mass is 10.3. The highest BCUT2D eigenvalue weighted by atomic mass is 16.5. The van der Waals surface area contributed by atoms with E-state index in [0.29, 0.717) is 13.1 Å². The molecule has 1 atom stereocenters. The van der Waals surface area contributed by atoms with Gasteiger partial charge in [0, 0.05) is 19.2 Å². The van der Waals surface area contributed by atoms with Crippen LogP contribution in [-0.4, -0.2) is 34.6 Å². The van der Waals surface area contributed by atoms with Gasteiger partial charge in [-0.25, -0.2) is 0 Å². The first-order valence-electron chi connectivity index (χ1n) is 4.14. The van der Waals surface area contributed by atoms with Crippen LogP contribution < -0.4 is 5.32 Å². The number of nitrogens with zero attached hydrogens (tertiary/aromatic N) is 1. The number of aliphatic hydroxyl groups excluding tert-OH is 2. The van der Waals surface area contributed by atoms with E-state index in [-0.39, 0.29) is 6.61 Å². The summed E-state index contributed by atoms with van der Waals surface area (Å²) >= 11 is 0. The fraction of sp³-hybridized carbons (Fsp3) is 0.625. The van der Waals surface area contributed by atoms with Crippen LogP contribution in [-0.2, 0) is 6.54 Å². The second-order valence-electron chi connectivity index (χ2n) is 2.90. The predicted molar refractivity (Wildman–Crippen MR) is 46.0 cm³/mol. The van der Waals surface area contributed by atoms with Gasteiger partial charge in [-0.3, -0.25) is 0 Å². The first-order valence-corrected chi connectivity index (χ1v) is 4.14. The van der Waals surface area contributed by atoms with Crippen molar-refractivity contribution in [2.45, 2.75) is 19.6 Å². The van der Waals surface area contributed by atoms with E-state index in [1.165, 1.54) is 0 Å². The quantitative estimate of drug-likeness (QED) is 0.573. The summed E-state index contributed by atoms with van der Waals surface area (Å²) in [7, 11) is 0. The minimum absolute atomic E-state index is 0.231. The zero-order valence-electron chi connectivity index (χ0n) is 7.53. The first kappa shape index (κ1) is 10.2. The first-order chi connectivity index (χ1) is 6.22. The maximum atomic E-state index is 8.98. The number of nitrogens with one attached hydrogen (secondary N) is 1. The van der Waals surface area contributed by atoms with Crippen molar-refractivity contribution in [1.29, 1.82) is 0 Å². The number of aliphatic hydroxyl groups is 2. The summed E-state index contributed by atoms with van der Waals surface area (Å²) in [5.74, 6) is 0.763. The van der Waals surface area contributed by atoms with Crippen LogP contribution in [0.5, 0.6) is 0 Å². The topological polar surface area (TPSA) is 78.5 Å². The molecule has 0 saturated heterocycles. The van der Waals surface area contributed by atoms with Crippen LogP contribution in [0, 0.1) is 6.92 Å². The molecule has 0 saturated carbocycles. The van der Waals surface area contributed by atoms with Crippen LogP contribution >= 0.6 is 0 Å². The Morgan fingerprint density at radius 2 is 2.46 bits per heavy atom. The fourth-order valence-corrected chi connectivity index (χ4v) is 0.933. The molecule has 0 unspecified atom stereocenters. The van der Waals surface area contributed by atoms with Crippen LogP contribution in [0.2, 0.25) is 0 Å². The van der Waals surface area contributed by atoms with Crippen molar-refractivity contribution in [1.82, 2.24) is 10.5 Å². The van der Waals surface area contributed by atoms with Gasteiger partial charge < -0.3 is 20.1 Å². The average Bonchev–Trinajstić information content (AvgIpc) is 2.51. The molecule has 74 valence electrons. The van der Waals surface area contributed by atoms with Crippen molar-refractivity contribution in [3.8, 4) is 0 Å². The minimum Gasteiger partial charge on any atom is -0.394 e. The molecule has 5 nitrogen and oxygen atoms in total. The molecule has 0 spiro atoms. The third-order valence-corrected chi connectivity index (χ3v) is 1.57. The molecule has 5 heteroatoms. The Balaban J connectivity index is 2.20. The van der Waals surface area contributed by atoms with Gasteiger partial charge in [-0.2, -0.15) is 0 Å². The molecule has 0 amide bonds. The maximum absolute atomic E-state index is 8.98. The number of rotatable bonds is 5.